The SMILES string of the molecule is C=C(/C=C(\c1ccccc1)[Si](C(F)(F)C(F)(F)F)(C(F)(F)C(F)(F)F)C(F)(F)C(F)(F)F)c1ccccc1. The topological polar surface area (TPSA) is 0 Å². The summed E-state index contributed by atoms with van der Waals surface area (Å²) >= 11 is 0. The number of hydrogen-bond acceptors (Lipinski definition) is 0. The summed E-state index contributed by atoms with van der Waals surface area (Å²) in [7, 11) is -10.0. The summed E-state index contributed by atoms with van der Waals surface area (Å²) in [5.74, 6) is 0. The summed E-state index contributed by atoms with van der Waals surface area (Å²) in [5.41, 5.74) is -26.7. The summed E-state index contributed by atoms with van der Waals surface area (Å²) in [6.07, 6.45) is -23.6. The maximum Gasteiger partial charge on any atom is 0.449 e. The van der Waals surface area contributed by atoms with Gasteiger partial charge in [0.15, 0.2) is 0 Å². The first kappa shape index (κ1) is 31.3. The van der Waals surface area contributed by atoms with E-state index < -0.39 is 65.6 Å². The molecule has 210 valence electrons. The second kappa shape index (κ2) is 9.68. The van der Waals surface area contributed by atoms with Crippen molar-refractivity contribution < 1.29 is 65.9 Å². The lowest BCUT2D eigenvalue weighted by Crippen LogP contribution is -2.85. The maximum atomic E-state index is 15.0. The highest BCUT2D eigenvalue weighted by molar-refractivity contribution is 7.02. The Balaban J connectivity index is 3.36. The van der Waals surface area contributed by atoms with Gasteiger partial charge in [0.1, 0.15) is 0 Å². The lowest BCUT2D eigenvalue weighted by molar-refractivity contribution is -0.302. The lowest BCUT2D eigenvalue weighted by atomic mass is 10.1. The van der Waals surface area contributed by atoms with Crippen molar-refractivity contribution in [2.45, 2.75) is 35.2 Å². The average Bonchev–Trinajstić information content (AvgIpc) is 2.77. The monoisotopic (exact) mass is 590 g/mol. The fourth-order valence-corrected chi connectivity index (χ4v) is 8.14. The second-order valence-electron chi connectivity index (χ2n) is 7.78. The maximum absolute atomic E-state index is 15.0. The molecule has 0 unspecified atom stereocenters. The van der Waals surface area contributed by atoms with Gasteiger partial charge in [-0.05, 0) is 21.9 Å². The number of rotatable bonds is 7. The minimum absolute atomic E-state index is 0.247. The molecule has 0 saturated heterocycles. The molecule has 0 atom stereocenters. The summed E-state index contributed by atoms with van der Waals surface area (Å²) < 4.78 is 212. The van der Waals surface area contributed by atoms with Gasteiger partial charge in [0.05, 0.1) is 0 Å². The molecule has 0 aliphatic rings. The normalized spacial score (nSPS) is 15.0. The number of alkyl halides is 15. The minimum Gasteiger partial charge on any atom is -0.201 e. The highest BCUT2D eigenvalue weighted by Gasteiger charge is 2.99. The first-order valence-corrected chi connectivity index (χ1v) is 11.8. The summed E-state index contributed by atoms with van der Waals surface area (Å²) in [5, 5.41) is -2.88. The van der Waals surface area contributed by atoms with E-state index in [2.05, 4.69) is 6.58 Å². The van der Waals surface area contributed by atoms with Gasteiger partial charge in [0.2, 0.25) is 0 Å². The van der Waals surface area contributed by atoms with Gasteiger partial charge in [-0.1, -0.05) is 73.3 Å². The van der Waals surface area contributed by atoms with Crippen LogP contribution >= 0.6 is 0 Å². The Morgan fingerprint density at radius 1 is 0.500 bits per heavy atom. The Kier molecular flexibility index (Phi) is 7.98. The van der Waals surface area contributed by atoms with Crippen LogP contribution in [-0.4, -0.2) is 43.2 Å². The van der Waals surface area contributed by atoms with Crippen LogP contribution in [0.2, 0.25) is 0 Å². The van der Waals surface area contributed by atoms with Crippen molar-refractivity contribution in [1.82, 2.24) is 0 Å². The van der Waals surface area contributed by atoms with E-state index in [1.54, 1.807) is 0 Å². The quantitative estimate of drug-likeness (QED) is 0.172. The third-order valence-corrected chi connectivity index (χ3v) is 10.4. The second-order valence-corrected chi connectivity index (χ2v) is 11.7. The molecular formula is C22H13F15Si. The fraction of sp³-hybridized carbons (Fsp3) is 0.273. The molecule has 2 aromatic carbocycles. The van der Waals surface area contributed by atoms with E-state index in [9.17, 15) is 65.9 Å². The standard InChI is InChI=1S/C22H13F15Si/c1-13(14-8-4-2-5-9-14)12-16(15-10-6-3-7-11-15)38(20(32,33)17(23,24)25,21(34,35)18(26,27)28)22(36,37)19(29,30)31/h2-12H,1H2/b16-12+. The van der Waals surface area contributed by atoms with Crippen LogP contribution in [0.4, 0.5) is 65.9 Å². The lowest BCUT2D eigenvalue weighted by Gasteiger charge is -2.48. The zero-order valence-corrected chi connectivity index (χ0v) is 19.2. The molecule has 0 N–H and O–H groups in total. The summed E-state index contributed by atoms with van der Waals surface area (Å²) in [4.78, 5) is 0. The molecule has 0 nitrogen and oxygen atoms in total. The van der Waals surface area contributed by atoms with Gasteiger partial charge in [-0.25, -0.2) is 26.3 Å². The van der Waals surface area contributed by atoms with E-state index in [-0.39, 0.29) is 17.7 Å². The molecule has 0 heterocycles. The molecule has 2 rings (SSSR count). The Hall–Kier alpha value is -2.91. The van der Waals surface area contributed by atoms with Crippen LogP contribution in [0.5, 0.6) is 0 Å². The Bertz CT molecular complexity index is 1090. The van der Waals surface area contributed by atoms with Gasteiger partial charge >= 0.3 is 43.2 Å². The first-order chi connectivity index (χ1) is 17.0. The van der Waals surface area contributed by atoms with E-state index in [0.717, 1.165) is 30.3 Å². The number of hydrogen-bond donors (Lipinski definition) is 0. The predicted octanol–water partition coefficient (Wildman–Crippen LogP) is 8.98. The molecule has 0 fully saturated rings. The largest absolute Gasteiger partial charge is 0.449 e. The molecule has 0 spiro atoms. The van der Waals surface area contributed by atoms with E-state index >= 15 is 0 Å². The third-order valence-electron chi connectivity index (χ3n) is 5.43. The molecular weight excluding hydrogens is 577 g/mol. The molecule has 0 radical (unpaired) electrons. The van der Waals surface area contributed by atoms with Crippen molar-refractivity contribution in [3.05, 3.63) is 84.4 Å². The summed E-state index contributed by atoms with van der Waals surface area (Å²) in [6, 6.07) is 8.18. The third kappa shape index (κ3) is 4.71. The smallest absolute Gasteiger partial charge is 0.201 e. The van der Waals surface area contributed by atoms with Crippen LogP contribution < -0.4 is 0 Å². The Morgan fingerprint density at radius 2 is 0.789 bits per heavy atom. The Morgan fingerprint density at radius 3 is 1.08 bits per heavy atom. The van der Waals surface area contributed by atoms with E-state index in [1.165, 1.54) is 6.07 Å². The first-order valence-electron chi connectivity index (χ1n) is 9.84. The molecule has 0 bridgehead atoms. The van der Waals surface area contributed by atoms with Gasteiger partial charge in [-0.2, -0.15) is 39.5 Å². The van der Waals surface area contributed by atoms with Crippen LogP contribution in [0.15, 0.2) is 73.3 Å². The van der Waals surface area contributed by atoms with Gasteiger partial charge in [0, 0.05) is 0 Å². The van der Waals surface area contributed by atoms with Gasteiger partial charge in [0.25, 0.3) is 0 Å². The van der Waals surface area contributed by atoms with Crippen LogP contribution in [0.1, 0.15) is 11.1 Å². The number of benzene rings is 2. The zero-order chi connectivity index (χ0) is 29.6. The average molecular weight is 590 g/mol. The van der Waals surface area contributed by atoms with Gasteiger partial charge in [-0.15, -0.1) is 0 Å². The molecule has 2 aromatic rings. The van der Waals surface area contributed by atoms with Crippen LogP contribution in [0.3, 0.4) is 0 Å². The molecule has 16 heteroatoms. The molecule has 0 aliphatic carbocycles. The fourth-order valence-electron chi connectivity index (χ4n) is 3.67. The molecule has 0 saturated carbocycles. The Labute approximate surface area is 205 Å². The van der Waals surface area contributed by atoms with Crippen LogP contribution in [0, 0.1) is 0 Å². The number of halogens is 15. The van der Waals surface area contributed by atoms with E-state index in [0.29, 0.717) is 12.1 Å². The van der Waals surface area contributed by atoms with E-state index in [4.69, 9.17) is 0 Å². The predicted molar refractivity (Wildman–Crippen MR) is 109 cm³/mol. The van der Waals surface area contributed by atoms with Crippen molar-refractivity contribution in [1.29, 1.82) is 0 Å². The molecule has 38 heavy (non-hydrogen) atoms. The number of allylic oxidation sites excluding steroid dienone is 2. The highest BCUT2D eigenvalue weighted by atomic mass is 28.3. The van der Waals surface area contributed by atoms with Crippen LogP contribution in [0.25, 0.3) is 10.8 Å². The minimum atomic E-state index is -10.0. The highest BCUT2D eigenvalue weighted by Crippen LogP contribution is 2.65. The molecule has 0 aliphatic heterocycles. The van der Waals surface area contributed by atoms with Crippen molar-refractivity contribution in [3.8, 4) is 0 Å². The molecule has 0 aromatic heterocycles. The van der Waals surface area contributed by atoms with Crippen molar-refractivity contribution >= 4 is 18.8 Å². The van der Waals surface area contributed by atoms with Crippen molar-refractivity contribution in [3.63, 3.8) is 0 Å². The van der Waals surface area contributed by atoms with E-state index in [1.807, 2.05) is 0 Å². The van der Waals surface area contributed by atoms with Crippen LogP contribution in [-0.2, 0) is 0 Å². The van der Waals surface area contributed by atoms with Crippen molar-refractivity contribution in [2.75, 3.05) is 0 Å². The van der Waals surface area contributed by atoms with Crippen molar-refractivity contribution in [2.24, 2.45) is 0 Å². The summed E-state index contributed by atoms with van der Waals surface area (Å²) in [6.45, 7) is 3.10. The van der Waals surface area contributed by atoms with Gasteiger partial charge in [-0.3, -0.25) is 0 Å². The zero-order valence-electron chi connectivity index (χ0n) is 18.2. The molecule has 0 amide bonds. The van der Waals surface area contributed by atoms with Gasteiger partial charge < -0.3 is 0 Å².